The summed E-state index contributed by atoms with van der Waals surface area (Å²) in [7, 11) is 0. The van der Waals surface area contributed by atoms with Crippen LogP contribution in [0.3, 0.4) is 0 Å². The quantitative estimate of drug-likeness (QED) is 0.612. The predicted molar refractivity (Wildman–Crippen MR) is 65.2 cm³/mol. The summed E-state index contributed by atoms with van der Waals surface area (Å²) in [6, 6.07) is 3.77. The van der Waals surface area contributed by atoms with Crippen molar-refractivity contribution < 1.29 is 8.78 Å². The number of benzene rings is 1. The number of hydrogen-bond acceptors (Lipinski definition) is 3. The third-order valence-corrected chi connectivity index (χ3v) is 3.90. The monoisotopic (exact) mass is 350 g/mol. The van der Waals surface area contributed by atoms with Crippen LogP contribution >= 0.6 is 34.4 Å². The first-order valence-corrected chi connectivity index (χ1v) is 6.15. The Hall–Kier alpha value is -0.760. The highest BCUT2D eigenvalue weighted by atomic mass is 127. The molecule has 0 aliphatic rings. The van der Waals surface area contributed by atoms with Gasteiger partial charge in [-0.2, -0.15) is 0 Å². The Morgan fingerprint density at radius 2 is 2.00 bits per heavy atom. The lowest BCUT2D eigenvalue weighted by Gasteiger charge is -2.02. The molecule has 0 spiro atoms. The molecule has 2 nitrogen and oxygen atoms in total. The molecule has 0 unspecified atom stereocenters. The molecule has 0 aliphatic carbocycles. The van der Waals surface area contributed by atoms with Crippen molar-refractivity contribution in [3.8, 4) is 0 Å². The topological polar surface area (TPSA) is 25.8 Å². The molecule has 0 saturated heterocycles. The van der Waals surface area contributed by atoms with Crippen LogP contribution in [0.1, 0.15) is 0 Å². The molecule has 0 radical (unpaired) electrons. The van der Waals surface area contributed by atoms with Gasteiger partial charge < -0.3 is 0 Å². The zero-order valence-electron chi connectivity index (χ0n) is 7.82. The van der Waals surface area contributed by atoms with Crippen LogP contribution in [0.15, 0.2) is 40.6 Å². The Kier molecular flexibility index (Phi) is 3.70. The fraction of sp³-hybridized carbons (Fsp3) is 0. The van der Waals surface area contributed by atoms with E-state index in [1.54, 1.807) is 6.20 Å². The molecular weight excluding hydrogens is 345 g/mol. The van der Waals surface area contributed by atoms with Gasteiger partial charge in [0.25, 0.3) is 0 Å². The zero-order valence-corrected chi connectivity index (χ0v) is 10.8. The third-order valence-electron chi connectivity index (χ3n) is 1.74. The Labute approximate surface area is 109 Å². The number of hydrogen-bond donors (Lipinski definition) is 0. The minimum atomic E-state index is -0.853. The van der Waals surface area contributed by atoms with Gasteiger partial charge in [0.2, 0.25) is 0 Å². The number of aromatic nitrogens is 2. The second-order valence-electron chi connectivity index (χ2n) is 2.85. The van der Waals surface area contributed by atoms with Crippen LogP contribution in [0.4, 0.5) is 8.78 Å². The molecule has 82 valence electrons. The molecular formula is C10H5F2IN2S. The molecule has 1 aromatic heterocycles. The van der Waals surface area contributed by atoms with Crippen molar-refractivity contribution in [2.24, 2.45) is 0 Å². The summed E-state index contributed by atoms with van der Waals surface area (Å²) < 4.78 is 26.5. The molecule has 16 heavy (non-hydrogen) atoms. The number of nitrogens with zero attached hydrogens (tertiary/aromatic N) is 2. The normalized spacial score (nSPS) is 10.4. The molecule has 0 fully saturated rings. The van der Waals surface area contributed by atoms with Crippen LogP contribution < -0.4 is 0 Å². The maximum atomic E-state index is 13.0. The van der Waals surface area contributed by atoms with E-state index < -0.39 is 11.6 Å². The summed E-state index contributed by atoms with van der Waals surface area (Å²) in [6.45, 7) is 0. The Morgan fingerprint density at radius 3 is 2.69 bits per heavy atom. The van der Waals surface area contributed by atoms with E-state index >= 15 is 0 Å². The molecule has 0 aliphatic heterocycles. The van der Waals surface area contributed by atoms with Crippen LogP contribution in [-0.2, 0) is 0 Å². The van der Waals surface area contributed by atoms with Crippen LogP contribution in [0.25, 0.3) is 0 Å². The fourth-order valence-electron chi connectivity index (χ4n) is 1.03. The first-order chi connectivity index (χ1) is 7.66. The highest BCUT2D eigenvalue weighted by Gasteiger charge is 2.07. The Balaban J connectivity index is 2.28. The highest BCUT2D eigenvalue weighted by Crippen LogP contribution is 2.29. The van der Waals surface area contributed by atoms with Gasteiger partial charge in [-0.3, -0.25) is 0 Å². The maximum Gasteiger partial charge on any atom is 0.159 e. The standard InChI is InChI=1S/C10H5F2IN2S/c11-7-2-1-6(3-8(7)12)16-10-9(13)4-14-5-15-10/h1-5H. The van der Waals surface area contributed by atoms with Crippen molar-refractivity contribution in [1.29, 1.82) is 0 Å². The lowest BCUT2D eigenvalue weighted by molar-refractivity contribution is 0.506. The van der Waals surface area contributed by atoms with Crippen molar-refractivity contribution in [3.63, 3.8) is 0 Å². The van der Waals surface area contributed by atoms with E-state index in [4.69, 9.17) is 0 Å². The SMILES string of the molecule is Fc1ccc(Sc2ncncc2I)cc1F. The molecule has 1 heterocycles. The predicted octanol–water partition coefficient (Wildman–Crippen LogP) is 3.51. The van der Waals surface area contributed by atoms with E-state index in [2.05, 4.69) is 32.6 Å². The average molecular weight is 350 g/mol. The first-order valence-electron chi connectivity index (χ1n) is 4.25. The zero-order chi connectivity index (χ0) is 11.5. The fourth-order valence-corrected chi connectivity index (χ4v) is 2.43. The molecule has 1 aromatic carbocycles. The Morgan fingerprint density at radius 1 is 1.19 bits per heavy atom. The second kappa shape index (κ2) is 5.05. The smallest absolute Gasteiger partial charge is 0.159 e. The largest absolute Gasteiger partial charge is 0.244 e. The van der Waals surface area contributed by atoms with E-state index in [0.717, 1.165) is 20.7 Å². The van der Waals surface area contributed by atoms with E-state index in [0.29, 0.717) is 4.90 Å². The van der Waals surface area contributed by atoms with Crippen LogP contribution in [-0.4, -0.2) is 9.97 Å². The minimum absolute atomic E-state index is 0.607. The van der Waals surface area contributed by atoms with Crippen LogP contribution in [0.5, 0.6) is 0 Å². The van der Waals surface area contributed by atoms with Crippen molar-refractivity contribution in [2.45, 2.75) is 9.92 Å². The molecule has 6 heteroatoms. The second-order valence-corrected chi connectivity index (χ2v) is 5.08. The Bertz CT molecular complexity index is 522. The molecule has 0 bridgehead atoms. The summed E-state index contributed by atoms with van der Waals surface area (Å²) in [5, 5.41) is 0.724. The van der Waals surface area contributed by atoms with Crippen LogP contribution in [0, 0.1) is 15.2 Å². The van der Waals surface area contributed by atoms with Gasteiger partial charge in [-0.05, 0) is 40.8 Å². The first kappa shape index (κ1) is 11.7. The summed E-state index contributed by atoms with van der Waals surface area (Å²) >= 11 is 3.36. The van der Waals surface area contributed by atoms with E-state index in [9.17, 15) is 8.78 Å². The van der Waals surface area contributed by atoms with Gasteiger partial charge in [0.05, 0.1) is 3.57 Å². The average Bonchev–Trinajstić information content (AvgIpc) is 2.27. The summed E-state index contributed by atoms with van der Waals surface area (Å²) in [6.07, 6.45) is 3.08. The van der Waals surface area contributed by atoms with Crippen LogP contribution in [0.2, 0.25) is 0 Å². The molecule has 0 atom stereocenters. The van der Waals surface area contributed by atoms with E-state index in [1.807, 2.05) is 0 Å². The van der Waals surface area contributed by atoms with Crippen molar-refractivity contribution in [2.75, 3.05) is 0 Å². The van der Waals surface area contributed by atoms with Crippen molar-refractivity contribution in [3.05, 3.63) is 45.9 Å². The lowest BCUT2D eigenvalue weighted by Crippen LogP contribution is -1.88. The number of rotatable bonds is 2. The van der Waals surface area contributed by atoms with Crippen molar-refractivity contribution in [1.82, 2.24) is 9.97 Å². The van der Waals surface area contributed by atoms with Gasteiger partial charge in [0.1, 0.15) is 11.4 Å². The van der Waals surface area contributed by atoms with Gasteiger partial charge in [-0.15, -0.1) is 0 Å². The van der Waals surface area contributed by atoms with E-state index in [-0.39, 0.29) is 0 Å². The molecule has 2 rings (SSSR count). The van der Waals surface area contributed by atoms with E-state index in [1.165, 1.54) is 24.2 Å². The summed E-state index contributed by atoms with van der Waals surface area (Å²) in [4.78, 5) is 8.51. The van der Waals surface area contributed by atoms with Gasteiger partial charge in [-0.25, -0.2) is 18.7 Å². The maximum absolute atomic E-state index is 13.0. The molecule has 2 aromatic rings. The third kappa shape index (κ3) is 2.67. The summed E-state index contributed by atoms with van der Waals surface area (Å²) in [5.74, 6) is -1.70. The van der Waals surface area contributed by atoms with Gasteiger partial charge >= 0.3 is 0 Å². The minimum Gasteiger partial charge on any atom is -0.244 e. The van der Waals surface area contributed by atoms with Gasteiger partial charge in [-0.1, -0.05) is 11.8 Å². The van der Waals surface area contributed by atoms with Gasteiger partial charge in [0, 0.05) is 11.1 Å². The summed E-state index contributed by atoms with van der Waals surface area (Å²) in [5.41, 5.74) is 0. The highest BCUT2D eigenvalue weighted by molar-refractivity contribution is 14.1. The molecule has 0 N–H and O–H groups in total. The van der Waals surface area contributed by atoms with Gasteiger partial charge in [0.15, 0.2) is 11.6 Å². The lowest BCUT2D eigenvalue weighted by atomic mass is 10.3. The molecule has 0 saturated carbocycles. The number of halogens is 3. The van der Waals surface area contributed by atoms with Crippen molar-refractivity contribution >= 4 is 34.4 Å². The molecule has 0 amide bonds.